The van der Waals surface area contributed by atoms with Crippen LogP contribution >= 0.6 is 11.6 Å². The minimum atomic E-state index is -0.606. The summed E-state index contributed by atoms with van der Waals surface area (Å²) in [6.07, 6.45) is 0.881. The molecule has 0 unspecified atom stereocenters. The van der Waals surface area contributed by atoms with Crippen LogP contribution in [0.4, 0.5) is 10.5 Å². The molecule has 7 nitrogen and oxygen atoms in total. The van der Waals surface area contributed by atoms with Crippen molar-refractivity contribution in [3.63, 3.8) is 0 Å². The summed E-state index contributed by atoms with van der Waals surface area (Å²) in [5.74, 6) is 0.441. The first kappa shape index (κ1) is 21.3. The van der Waals surface area contributed by atoms with Crippen LogP contribution in [0.25, 0.3) is 0 Å². The number of nitrogens with one attached hydrogen (secondary N) is 2. The number of carbonyl (C=O) groups is 2. The molecule has 2 rings (SSSR count). The molecule has 1 saturated heterocycles. The van der Waals surface area contributed by atoms with Crippen LogP contribution in [0.15, 0.2) is 18.2 Å². The average molecular weight is 398 g/mol. The second kappa shape index (κ2) is 10.4. The van der Waals surface area contributed by atoms with E-state index in [2.05, 4.69) is 10.6 Å². The highest BCUT2D eigenvalue weighted by atomic mass is 35.5. The van der Waals surface area contributed by atoms with Gasteiger partial charge in [-0.25, -0.2) is 4.79 Å². The second-order valence-corrected chi connectivity index (χ2v) is 7.16. The zero-order valence-electron chi connectivity index (χ0n) is 16.1. The third kappa shape index (κ3) is 6.29. The molecule has 0 saturated carbocycles. The molecule has 1 aliphatic heterocycles. The van der Waals surface area contributed by atoms with Gasteiger partial charge in [-0.3, -0.25) is 4.79 Å². The Morgan fingerprint density at radius 1 is 1.30 bits per heavy atom. The maximum absolute atomic E-state index is 12.7. The number of benzene rings is 1. The number of carbonyl (C=O) groups excluding carboxylic acids is 2. The summed E-state index contributed by atoms with van der Waals surface area (Å²) >= 11 is 6.19. The number of urea groups is 1. The lowest BCUT2D eigenvalue weighted by Crippen LogP contribution is -2.54. The van der Waals surface area contributed by atoms with Crippen LogP contribution in [0.3, 0.4) is 0 Å². The number of rotatable bonds is 7. The summed E-state index contributed by atoms with van der Waals surface area (Å²) in [4.78, 5) is 26.8. The molecule has 27 heavy (non-hydrogen) atoms. The molecule has 1 aromatic carbocycles. The van der Waals surface area contributed by atoms with E-state index >= 15 is 0 Å². The van der Waals surface area contributed by atoms with Crippen molar-refractivity contribution in [3.05, 3.63) is 23.2 Å². The van der Waals surface area contributed by atoms with Crippen LogP contribution in [0.5, 0.6) is 5.75 Å². The molecule has 1 aromatic rings. The summed E-state index contributed by atoms with van der Waals surface area (Å²) in [5.41, 5.74) is 0.530. The zero-order valence-corrected chi connectivity index (χ0v) is 16.8. The molecule has 0 bridgehead atoms. The molecule has 1 aliphatic rings. The molecule has 2 N–H and O–H groups in total. The van der Waals surface area contributed by atoms with Gasteiger partial charge in [0.05, 0.1) is 24.8 Å². The van der Waals surface area contributed by atoms with Crippen molar-refractivity contribution in [3.8, 4) is 5.75 Å². The van der Waals surface area contributed by atoms with E-state index in [4.69, 9.17) is 21.1 Å². The van der Waals surface area contributed by atoms with E-state index in [1.165, 1.54) is 0 Å². The van der Waals surface area contributed by atoms with E-state index < -0.39 is 12.1 Å². The molecule has 1 heterocycles. The highest BCUT2D eigenvalue weighted by Gasteiger charge is 2.29. The number of nitrogens with zero attached hydrogens (tertiary/aromatic N) is 1. The first-order valence-electron chi connectivity index (χ1n) is 9.28. The molecule has 8 heteroatoms. The molecular weight excluding hydrogens is 370 g/mol. The van der Waals surface area contributed by atoms with Gasteiger partial charge in [0.25, 0.3) is 0 Å². The van der Waals surface area contributed by atoms with E-state index in [1.54, 1.807) is 23.1 Å². The van der Waals surface area contributed by atoms with Gasteiger partial charge >= 0.3 is 6.03 Å². The lowest BCUT2D eigenvalue weighted by Gasteiger charge is -2.32. The van der Waals surface area contributed by atoms with Gasteiger partial charge in [0.2, 0.25) is 5.91 Å². The molecule has 1 fully saturated rings. The average Bonchev–Trinajstić information content (AvgIpc) is 2.65. The fraction of sp³-hybridized carbons (Fsp3) is 0.579. The normalized spacial score (nSPS) is 15.4. The Labute approximate surface area is 165 Å². The van der Waals surface area contributed by atoms with Crippen LogP contribution in [-0.4, -0.2) is 55.8 Å². The smallest absolute Gasteiger partial charge is 0.319 e. The van der Waals surface area contributed by atoms with Gasteiger partial charge in [-0.2, -0.15) is 0 Å². The van der Waals surface area contributed by atoms with Crippen molar-refractivity contribution in [1.29, 1.82) is 0 Å². The fourth-order valence-corrected chi connectivity index (χ4v) is 2.95. The zero-order chi connectivity index (χ0) is 19.8. The van der Waals surface area contributed by atoms with Crippen LogP contribution in [-0.2, 0) is 9.53 Å². The highest BCUT2D eigenvalue weighted by Crippen LogP contribution is 2.27. The van der Waals surface area contributed by atoms with Crippen molar-refractivity contribution in [2.75, 3.05) is 38.2 Å². The number of anilines is 1. The quantitative estimate of drug-likeness (QED) is 0.740. The number of ether oxygens (including phenoxy) is 2. The Hall–Kier alpha value is -1.99. The number of hydrogen-bond donors (Lipinski definition) is 2. The Balaban J connectivity index is 1.97. The summed E-state index contributed by atoms with van der Waals surface area (Å²) in [6, 6.07) is 4.00. The van der Waals surface area contributed by atoms with Gasteiger partial charge in [-0.15, -0.1) is 0 Å². The van der Waals surface area contributed by atoms with Crippen LogP contribution in [0.2, 0.25) is 5.02 Å². The molecule has 0 aliphatic carbocycles. The molecule has 1 atom stereocenters. The van der Waals surface area contributed by atoms with Crippen molar-refractivity contribution in [2.24, 2.45) is 5.92 Å². The number of amides is 3. The minimum Gasteiger partial charge on any atom is -0.492 e. The maximum Gasteiger partial charge on any atom is 0.319 e. The van der Waals surface area contributed by atoms with Crippen LogP contribution in [0.1, 0.15) is 27.2 Å². The summed E-state index contributed by atoms with van der Waals surface area (Å²) in [5, 5.41) is 5.92. The Morgan fingerprint density at radius 3 is 2.59 bits per heavy atom. The standard InChI is InChI=1S/C19H28ClN3O4/c1-4-9-27-16-6-5-14(12-15(16)20)21-19(25)22-17(13(2)3)18(24)23-7-10-26-11-8-23/h5-6,12-13,17H,4,7-11H2,1-3H3,(H2,21,22,25)/t17-/m0/s1. The predicted octanol–water partition coefficient (Wildman–Crippen LogP) is 3.13. The van der Waals surface area contributed by atoms with E-state index in [1.807, 2.05) is 20.8 Å². The second-order valence-electron chi connectivity index (χ2n) is 6.75. The molecule has 0 radical (unpaired) electrons. The Morgan fingerprint density at radius 2 is 2.00 bits per heavy atom. The Kier molecular flexibility index (Phi) is 8.19. The summed E-state index contributed by atoms with van der Waals surface area (Å²) in [6.45, 7) is 8.52. The maximum atomic E-state index is 12.7. The minimum absolute atomic E-state index is 0.0421. The molecular formula is C19H28ClN3O4. The van der Waals surface area contributed by atoms with E-state index in [0.717, 1.165) is 6.42 Å². The van der Waals surface area contributed by atoms with Gasteiger partial charge in [-0.05, 0) is 30.5 Å². The van der Waals surface area contributed by atoms with E-state index in [0.29, 0.717) is 49.4 Å². The van der Waals surface area contributed by atoms with Gasteiger partial charge in [0, 0.05) is 18.8 Å². The van der Waals surface area contributed by atoms with Crippen molar-refractivity contribution in [1.82, 2.24) is 10.2 Å². The molecule has 0 spiro atoms. The Bertz CT molecular complexity index is 648. The first-order chi connectivity index (χ1) is 12.9. The van der Waals surface area contributed by atoms with Gasteiger partial charge in [0.15, 0.2) is 0 Å². The van der Waals surface area contributed by atoms with Crippen molar-refractivity contribution in [2.45, 2.75) is 33.2 Å². The third-order valence-electron chi connectivity index (χ3n) is 4.19. The highest BCUT2D eigenvalue weighted by molar-refractivity contribution is 6.32. The van der Waals surface area contributed by atoms with Crippen LogP contribution < -0.4 is 15.4 Å². The number of morpholine rings is 1. The van der Waals surface area contributed by atoms with E-state index in [9.17, 15) is 9.59 Å². The van der Waals surface area contributed by atoms with Crippen molar-refractivity contribution < 1.29 is 19.1 Å². The lowest BCUT2D eigenvalue weighted by molar-refractivity contribution is -0.138. The predicted molar refractivity (Wildman–Crippen MR) is 105 cm³/mol. The van der Waals surface area contributed by atoms with Crippen molar-refractivity contribution >= 4 is 29.2 Å². The van der Waals surface area contributed by atoms with Gasteiger partial charge in [0.1, 0.15) is 11.8 Å². The number of halogens is 1. The van der Waals surface area contributed by atoms with Crippen LogP contribution in [0, 0.1) is 5.92 Å². The summed E-state index contributed by atoms with van der Waals surface area (Å²) < 4.78 is 10.8. The SMILES string of the molecule is CCCOc1ccc(NC(=O)N[C@H](C(=O)N2CCOCC2)C(C)C)cc1Cl. The lowest BCUT2D eigenvalue weighted by atomic mass is 10.0. The molecule has 150 valence electrons. The third-order valence-corrected chi connectivity index (χ3v) is 4.49. The monoisotopic (exact) mass is 397 g/mol. The molecule has 0 aromatic heterocycles. The van der Waals surface area contributed by atoms with Gasteiger partial charge < -0.3 is 25.0 Å². The summed E-state index contributed by atoms with van der Waals surface area (Å²) in [7, 11) is 0. The molecule has 3 amide bonds. The van der Waals surface area contributed by atoms with E-state index in [-0.39, 0.29) is 11.8 Å². The first-order valence-corrected chi connectivity index (χ1v) is 9.66. The fourth-order valence-electron chi connectivity index (χ4n) is 2.71. The topological polar surface area (TPSA) is 79.9 Å². The van der Waals surface area contributed by atoms with Gasteiger partial charge in [-0.1, -0.05) is 32.4 Å². The number of hydrogen-bond acceptors (Lipinski definition) is 4. The largest absolute Gasteiger partial charge is 0.492 e.